The number of aliphatic hydroxyl groups excluding tert-OH is 1. The van der Waals surface area contributed by atoms with Crippen LogP contribution in [0.5, 0.6) is 0 Å². The highest BCUT2D eigenvalue weighted by Gasteiger charge is 2.67. The number of amides is 1. The van der Waals surface area contributed by atoms with Crippen LogP contribution in [0.1, 0.15) is 75.8 Å². The minimum atomic E-state index is -1.56. The molecule has 3 fully saturated rings. The fraction of sp³-hybridized carbons (Fsp3) is 0.455. The molecule has 7 rings (SSSR count). The van der Waals surface area contributed by atoms with E-state index in [9.17, 15) is 29.4 Å². The average molecular weight is 763 g/mol. The van der Waals surface area contributed by atoms with Gasteiger partial charge >= 0.3 is 11.9 Å². The predicted molar refractivity (Wildman–Crippen MR) is 209 cm³/mol. The number of carbonyl (C=O) groups excluding carboxylic acids is 4. The SMILES string of the molecule is C[C@]12C=CC(=O)C=C1CC[C@@H]1[C@@H]2[C@@H](O)C[C@@]2(C)[C@H]1CC[C@]2(O)C(=N)COC(=O)CCC(=O)OCc1ccc([C@@H](CN)C(=O)Nc2ccc3cnccc3c2)cc1. The monoisotopic (exact) mass is 762 g/mol. The molecule has 0 radical (unpaired) electrons. The van der Waals surface area contributed by atoms with Gasteiger partial charge in [0.05, 0.1) is 30.6 Å². The molecular weight excluding hydrogens is 713 g/mol. The Kier molecular flexibility index (Phi) is 10.8. The maximum absolute atomic E-state index is 13.1. The summed E-state index contributed by atoms with van der Waals surface area (Å²) in [7, 11) is 0. The largest absolute Gasteiger partial charge is 0.461 e. The lowest BCUT2D eigenvalue weighted by Gasteiger charge is -2.59. The summed E-state index contributed by atoms with van der Waals surface area (Å²) >= 11 is 0. The molecule has 1 heterocycles. The summed E-state index contributed by atoms with van der Waals surface area (Å²) < 4.78 is 10.8. The molecule has 0 aliphatic heterocycles. The normalized spacial score (nSPS) is 29.7. The molecule has 294 valence electrons. The molecule has 3 saturated carbocycles. The summed E-state index contributed by atoms with van der Waals surface area (Å²) in [5, 5.41) is 37.4. The Balaban J connectivity index is 0.865. The number of hydrogen-bond acceptors (Lipinski definition) is 11. The van der Waals surface area contributed by atoms with E-state index in [1.54, 1.807) is 48.8 Å². The lowest BCUT2D eigenvalue weighted by Crippen LogP contribution is -2.61. The second kappa shape index (κ2) is 15.5. The van der Waals surface area contributed by atoms with Crippen LogP contribution in [-0.4, -0.2) is 69.4 Å². The van der Waals surface area contributed by atoms with Gasteiger partial charge in [0, 0.05) is 46.8 Å². The molecule has 12 heteroatoms. The van der Waals surface area contributed by atoms with Crippen molar-refractivity contribution in [3.63, 3.8) is 0 Å². The van der Waals surface area contributed by atoms with Crippen molar-refractivity contribution < 1.29 is 38.9 Å². The third-order valence-electron chi connectivity index (χ3n) is 13.3. The van der Waals surface area contributed by atoms with Crippen LogP contribution in [0.2, 0.25) is 0 Å². The van der Waals surface area contributed by atoms with Crippen LogP contribution in [0, 0.1) is 34.0 Å². The fourth-order valence-corrected chi connectivity index (χ4v) is 10.2. The average Bonchev–Trinajstić information content (AvgIpc) is 3.46. The number of nitrogens with two attached hydrogens (primary N) is 1. The fourth-order valence-electron chi connectivity index (χ4n) is 10.2. The van der Waals surface area contributed by atoms with Crippen LogP contribution < -0.4 is 11.1 Å². The Morgan fingerprint density at radius 1 is 1.04 bits per heavy atom. The molecule has 3 aromatic rings. The van der Waals surface area contributed by atoms with Crippen LogP contribution in [0.25, 0.3) is 10.8 Å². The summed E-state index contributed by atoms with van der Waals surface area (Å²) in [4.78, 5) is 54.5. The zero-order chi connectivity index (χ0) is 39.8. The lowest BCUT2D eigenvalue weighted by molar-refractivity contribution is -0.151. The van der Waals surface area contributed by atoms with Crippen LogP contribution >= 0.6 is 0 Å². The van der Waals surface area contributed by atoms with Gasteiger partial charge in [-0.2, -0.15) is 0 Å². The highest BCUT2D eigenvalue weighted by Crippen LogP contribution is 2.67. The minimum absolute atomic E-state index is 0.0266. The molecule has 6 N–H and O–H groups in total. The van der Waals surface area contributed by atoms with Gasteiger partial charge in [-0.1, -0.05) is 55.8 Å². The first kappa shape index (κ1) is 39.2. The summed E-state index contributed by atoms with van der Waals surface area (Å²) in [5.74, 6) is -2.10. The van der Waals surface area contributed by atoms with Gasteiger partial charge < -0.3 is 36.1 Å². The molecule has 4 aliphatic carbocycles. The van der Waals surface area contributed by atoms with Gasteiger partial charge in [-0.25, -0.2) is 0 Å². The molecule has 12 nitrogen and oxygen atoms in total. The highest BCUT2D eigenvalue weighted by molar-refractivity contribution is 6.01. The van der Waals surface area contributed by atoms with Crippen LogP contribution in [0.15, 0.2) is 84.7 Å². The lowest BCUT2D eigenvalue weighted by atomic mass is 9.46. The third kappa shape index (κ3) is 7.21. The third-order valence-corrected chi connectivity index (χ3v) is 13.3. The Bertz CT molecular complexity index is 2110. The molecule has 8 atom stereocenters. The van der Waals surface area contributed by atoms with E-state index in [2.05, 4.69) is 17.2 Å². The molecule has 2 aromatic carbocycles. The molecule has 0 bridgehead atoms. The van der Waals surface area contributed by atoms with E-state index < -0.39 is 47.0 Å². The van der Waals surface area contributed by atoms with Crippen LogP contribution in [-0.2, 0) is 35.3 Å². The second-order valence-corrected chi connectivity index (χ2v) is 16.4. The number of rotatable bonds is 12. The maximum atomic E-state index is 13.1. The van der Waals surface area contributed by atoms with Gasteiger partial charge in [-0.15, -0.1) is 0 Å². The first-order valence-electron chi connectivity index (χ1n) is 19.4. The molecule has 1 aromatic heterocycles. The van der Waals surface area contributed by atoms with Crippen molar-refractivity contribution in [2.24, 2.45) is 34.3 Å². The molecule has 0 spiro atoms. The Labute approximate surface area is 326 Å². The van der Waals surface area contributed by atoms with Gasteiger partial charge in [0.2, 0.25) is 5.91 Å². The highest BCUT2D eigenvalue weighted by atomic mass is 16.5. The van der Waals surface area contributed by atoms with Crippen LogP contribution in [0.4, 0.5) is 5.69 Å². The topological polar surface area (TPSA) is 202 Å². The van der Waals surface area contributed by atoms with Crippen molar-refractivity contribution in [1.29, 1.82) is 5.41 Å². The van der Waals surface area contributed by atoms with Crippen molar-refractivity contribution in [2.75, 3.05) is 18.5 Å². The van der Waals surface area contributed by atoms with E-state index >= 15 is 0 Å². The molecule has 1 amide bonds. The number of benzene rings is 2. The van der Waals surface area contributed by atoms with E-state index in [1.807, 2.05) is 37.3 Å². The quantitative estimate of drug-likeness (QED) is 0.119. The number of ether oxygens (including phenoxy) is 2. The number of carbonyl (C=O) groups is 4. The molecule has 56 heavy (non-hydrogen) atoms. The molecule has 0 unspecified atom stereocenters. The van der Waals surface area contributed by atoms with E-state index in [1.165, 1.54) is 0 Å². The Hall–Kier alpha value is -5.04. The van der Waals surface area contributed by atoms with Gasteiger partial charge in [0.15, 0.2) is 5.78 Å². The zero-order valence-corrected chi connectivity index (χ0v) is 31.8. The van der Waals surface area contributed by atoms with E-state index in [-0.39, 0.29) is 67.6 Å². The minimum Gasteiger partial charge on any atom is -0.461 e. The Morgan fingerprint density at radius 2 is 1.79 bits per heavy atom. The standard InChI is InChI=1S/C44H50N4O8/c1-42-16-13-32(49)20-30(42)8-10-33-35-14-17-44(54,43(35,2)21-36(50)40(33)42)37(46)25-56-39(52)12-11-38(51)55-24-26-3-5-27(6-4-26)34(22-45)41(53)48-31-9-7-29-23-47-18-15-28(29)19-31/h3-7,9,13,15-16,18-20,23,33-36,40,46,50,54H,8,10-12,14,17,21-22,24-25,45H2,1-2H3,(H,48,53)/t33-,34+,35-,36-,40+,42-,43-,44-/m0/s1. The second-order valence-electron chi connectivity index (χ2n) is 16.4. The zero-order valence-electron chi connectivity index (χ0n) is 31.8. The van der Waals surface area contributed by atoms with Crippen molar-refractivity contribution in [3.8, 4) is 0 Å². The molecule has 0 saturated heterocycles. The summed E-state index contributed by atoms with van der Waals surface area (Å²) in [6, 6.07) is 14.5. The number of nitrogens with one attached hydrogen (secondary N) is 2. The summed E-state index contributed by atoms with van der Waals surface area (Å²) in [6.45, 7) is 3.68. The summed E-state index contributed by atoms with van der Waals surface area (Å²) in [6.07, 6.45) is 10.3. The van der Waals surface area contributed by atoms with Gasteiger partial charge in [0.1, 0.15) is 18.8 Å². The molecule has 4 aliphatic rings. The number of ketones is 1. The van der Waals surface area contributed by atoms with E-state index in [0.717, 1.165) is 29.2 Å². The Morgan fingerprint density at radius 3 is 2.54 bits per heavy atom. The number of anilines is 1. The summed E-state index contributed by atoms with van der Waals surface area (Å²) in [5.41, 5.74) is 6.20. The van der Waals surface area contributed by atoms with E-state index in [0.29, 0.717) is 29.7 Å². The van der Waals surface area contributed by atoms with E-state index in [4.69, 9.17) is 20.6 Å². The number of esters is 2. The number of allylic oxidation sites excluding steroid dienone is 4. The van der Waals surface area contributed by atoms with Crippen molar-refractivity contribution in [1.82, 2.24) is 4.98 Å². The molecular formula is C44H50N4O8. The number of aliphatic hydroxyl groups is 2. The maximum Gasteiger partial charge on any atom is 0.306 e. The number of nitrogens with zero attached hydrogens (tertiary/aromatic N) is 1. The number of fused-ring (bicyclic) bond motifs is 6. The smallest absolute Gasteiger partial charge is 0.306 e. The van der Waals surface area contributed by atoms with Gasteiger partial charge in [-0.3, -0.25) is 24.2 Å². The van der Waals surface area contributed by atoms with Gasteiger partial charge in [-0.05, 0) is 90.8 Å². The number of aromatic nitrogens is 1. The first-order chi connectivity index (χ1) is 26.8. The van der Waals surface area contributed by atoms with Gasteiger partial charge in [0.25, 0.3) is 0 Å². The van der Waals surface area contributed by atoms with Crippen molar-refractivity contribution >= 4 is 45.8 Å². The van der Waals surface area contributed by atoms with Crippen molar-refractivity contribution in [2.45, 2.75) is 83.0 Å². The number of hydrogen-bond donors (Lipinski definition) is 5. The van der Waals surface area contributed by atoms with Crippen LogP contribution in [0.3, 0.4) is 0 Å². The first-order valence-corrected chi connectivity index (χ1v) is 19.4. The number of pyridine rings is 1. The van der Waals surface area contributed by atoms with Crippen molar-refractivity contribution in [3.05, 3.63) is 95.9 Å². The predicted octanol–water partition coefficient (Wildman–Crippen LogP) is 5.31.